The summed E-state index contributed by atoms with van der Waals surface area (Å²) in [4.78, 5) is 20.5. The van der Waals surface area contributed by atoms with E-state index in [4.69, 9.17) is 10.8 Å². The molecule has 4 heteroatoms. The SMILES string of the molecule is NC(=O)/C=C/[C@H]1C[C@H]1C(=O)O. The summed E-state index contributed by atoms with van der Waals surface area (Å²) in [5.41, 5.74) is 4.82. The van der Waals surface area contributed by atoms with E-state index in [1.165, 1.54) is 6.08 Å². The van der Waals surface area contributed by atoms with E-state index in [-0.39, 0.29) is 11.8 Å². The highest BCUT2D eigenvalue weighted by Gasteiger charge is 2.41. The van der Waals surface area contributed by atoms with Gasteiger partial charge in [0.2, 0.25) is 5.91 Å². The molecule has 60 valence electrons. The number of carboxylic acid groups (broad SMARTS) is 1. The van der Waals surface area contributed by atoms with Gasteiger partial charge in [-0.1, -0.05) is 6.08 Å². The highest BCUT2D eigenvalue weighted by molar-refractivity contribution is 5.86. The molecule has 1 rings (SSSR count). The molecule has 1 amide bonds. The van der Waals surface area contributed by atoms with Gasteiger partial charge < -0.3 is 10.8 Å². The van der Waals surface area contributed by atoms with Gasteiger partial charge in [-0.2, -0.15) is 0 Å². The van der Waals surface area contributed by atoms with Crippen molar-refractivity contribution >= 4 is 11.9 Å². The Morgan fingerprint density at radius 2 is 2.18 bits per heavy atom. The number of allylic oxidation sites excluding steroid dienone is 1. The van der Waals surface area contributed by atoms with Crippen LogP contribution in [0.2, 0.25) is 0 Å². The molecule has 0 radical (unpaired) electrons. The zero-order valence-corrected chi connectivity index (χ0v) is 5.86. The van der Waals surface area contributed by atoms with Crippen LogP contribution in [-0.4, -0.2) is 17.0 Å². The predicted molar refractivity (Wildman–Crippen MR) is 37.6 cm³/mol. The molecule has 2 atom stereocenters. The van der Waals surface area contributed by atoms with Crippen LogP contribution in [0.5, 0.6) is 0 Å². The number of carbonyl (C=O) groups is 2. The Morgan fingerprint density at radius 1 is 1.55 bits per heavy atom. The van der Waals surface area contributed by atoms with E-state index < -0.39 is 11.9 Å². The molecule has 1 aliphatic rings. The first-order valence-electron chi connectivity index (χ1n) is 3.31. The van der Waals surface area contributed by atoms with Crippen molar-refractivity contribution in [3.8, 4) is 0 Å². The van der Waals surface area contributed by atoms with Gasteiger partial charge in [0.25, 0.3) is 0 Å². The summed E-state index contributed by atoms with van der Waals surface area (Å²) in [5, 5.41) is 8.44. The lowest BCUT2D eigenvalue weighted by Gasteiger charge is -1.84. The third-order valence-corrected chi connectivity index (χ3v) is 1.66. The van der Waals surface area contributed by atoms with Crippen molar-refractivity contribution in [3.05, 3.63) is 12.2 Å². The van der Waals surface area contributed by atoms with Gasteiger partial charge in [0.05, 0.1) is 5.92 Å². The van der Waals surface area contributed by atoms with Crippen LogP contribution in [0, 0.1) is 11.8 Å². The Balaban J connectivity index is 2.34. The first-order valence-corrected chi connectivity index (χ1v) is 3.31. The van der Waals surface area contributed by atoms with Crippen LogP contribution in [0.1, 0.15) is 6.42 Å². The molecule has 1 aliphatic carbocycles. The van der Waals surface area contributed by atoms with Crippen LogP contribution >= 0.6 is 0 Å². The molecule has 0 unspecified atom stereocenters. The molecule has 0 heterocycles. The highest BCUT2D eigenvalue weighted by Crippen LogP contribution is 2.39. The van der Waals surface area contributed by atoms with Gasteiger partial charge in [0.15, 0.2) is 0 Å². The number of amides is 1. The second-order valence-electron chi connectivity index (χ2n) is 2.61. The summed E-state index contributed by atoms with van der Waals surface area (Å²) < 4.78 is 0. The summed E-state index contributed by atoms with van der Waals surface area (Å²) in [6.07, 6.45) is 3.40. The van der Waals surface area contributed by atoms with Crippen LogP contribution in [0.15, 0.2) is 12.2 Å². The van der Waals surface area contributed by atoms with Crippen LogP contribution in [0.25, 0.3) is 0 Å². The Bertz CT molecular complexity index is 222. The van der Waals surface area contributed by atoms with E-state index in [0.29, 0.717) is 6.42 Å². The molecular formula is C7H9NO3. The number of primary amides is 1. The van der Waals surface area contributed by atoms with Crippen LogP contribution in [-0.2, 0) is 9.59 Å². The third kappa shape index (κ3) is 2.07. The fourth-order valence-corrected chi connectivity index (χ4v) is 0.930. The summed E-state index contributed by atoms with van der Waals surface area (Å²) >= 11 is 0. The normalized spacial score (nSPS) is 28.7. The van der Waals surface area contributed by atoms with E-state index in [9.17, 15) is 9.59 Å². The summed E-state index contributed by atoms with van der Waals surface area (Å²) in [6.45, 7) is 0. The molecule has 0 saturated heterocycles. The molecule has 0 aromatic carbocycles. The maximum Gasteiger partial charge on any atom is 0.307 e. The first kappa shape index (κ1) is 7.78. The molecule has 1 fully saturated rings. The second-order valence-corrected chi connectivity index (χ2v) is 2.61. The zero-order chi connectivity index (χ0) is 8.43. The predicted octanol–water partition coefficient (Wildman–Crippen LogP) is -0.251. The fraction of sp³-hybridized carbons (Fsp3) is 0.429. The lowest BCUT2D eigenvalue weighted by atomic mass is 10.3. The van der Waals surface area contributed by atoms with Crippen molar-refractivity contribution in [3.63, 3.8) is 0 Å². The van der Waals surface area contributed by atoms with Crippen molar-refractivity contribution in [2.45, 2.75) is 6.42 Å². The van der Waals surface area contributed by atoms with Gasteiger partial charge in [0, 0.05) is 0 Å². The highest BCUT2D eigenvalue weighted by atomic mass is 16.4. The largest absolute Gasteiger partial charge is 0.481 e. The van der Waals surface area contributed by atoms with Crippen molar-refractivity contribution < 1.29 is 14.7 Å². The van der Waals surface area contributed by atoms with Gasteiger partial charge in [-0.3, -0.25) is 9.59 Å². The molecule has 0 aliphatic heterocycles. The Labute approximate surface area is 63.7 Å². The average molecular weight is 155 g/mol. The van der Waals surface area contributed by atoms with E-state index in [1.54, 1.807) is 6.08 Å². The minimum Gasteiger partial charge on any atom is -0.481 e. The van der Waals surface area contributed by atoms with Gasteiger partial charge in [-0.25, -0.2) is 0 Å². The lowest BCUT2D eigenvalue weighted by molar-refractivity contribution is -0.138. The fourth-order valence-electron chi connectivity index (χ4n) is 0.930. The number of nitrogens with two attached hydrogens (primary N) is 1. The average Bonchev–Trinajstić information content (AvgIpc) is 2.61. The molecule has 4 nitrogen and oxygen atoms in total. The smallest absolute Gasteiger partial charge is 0.307 e. The molecule has 11 heavy (non-hydrogen) atoms. The molecule has 1 saturated carbocycles. The topological polar surface area (TPSA) is 80.4 Å². The van der Waals surface area contributed by atoms with Crippen LogP contribution in [0.4, 0.5) is 0 Å². The van der Waals surface area contributed by atoms with E-state index in [1.807, 2.05) is 0 Å². The molecule has 3 N–H and O–H groups in total. The number of hydrogen-bond acceptors (Lipinski definition) is 2. The Kier molecular flexibility index (Phi) is 1.94. The maximum atomic E-state index is 10.3. The van der Waals surface area contributed by atoms with Gasteiger partial charge in [-0.05, 0) is 18.4 Å². The Hall–Kier alpha value is -1.32. The standard InChI is InChI=1S/C7H9NO3/c8-6(9)2-1-4-3-5(4)7(10)11/h1-2,4-5H,3H2,(H2,8,9)(H,10,11)/b2-1+/t4-,5+/m0/s1. The number of carbonyl (C=O) groups excluding carboxylic acids is 1. The third-order valence-electron chi connectivity index (χ3n) is 1.66. The van der Waals surface area contributed by atoms with E-state index in [2.05, 4.69) is 0 Å². The van der Waals surface area contributed by atoms with Crippen molar-refractivity contribution in [1.29, 1.82) is 0 Å². The summed E-state index contributed by atoms with van der Waals surface area (Å²) in [7, 11) is 0. The van der Waals surface area contributed by atoms with Crippen molar-refractivity contribution in [1.82, 2.24) is 0 Å². The van der Waals surface area contributed by atoms with E-state index in [0.717, 1.165) is 0 Å². The molecule has 0 spiro atoms. The van der Waals surface area contributed by atoms with Crippen molar-refractivity contribution in [2.75, 3.05) is 0 Å². The summed E-state index contributed by atoms with van der Waals surface area (Å²) in [5.74, 6) is -1.62. The van der Waals surface area contributed by atoms with Crippen molar-refractivity contribution in [2.24, 2.45) is 17.6 Å². The number of carboxylic acids is 1. The van der Waals surface area contributed by atoms with Gasteiger partial charge in [0.1, 0.15) is 0 Å². The second kappa shape index (κ2) is 2.74. The number of hydrogen-bond donors (Lipinski definition) is 2. The number of aliphatic carboxylic acids is 1. The minimum atomic E-state index is -0.802. The lowest BCUT2D eigenvalue weighted by Crippen LogP contribution is -2.06. The summed E-state index contributed by atoms with van der Waals surface area (Å²) in [6, 6.07) is 0. The minimum absolute atomic E-state index is 0.0139. The molecule has 0 aromatic heterocycles. The first-order chi connectivity index (χ1) is 5.11. The van der Waals surface area contributed by atoms with Crippen LogP contribution < -0.4 is 5.73 Å². The van der Waals surface area contributed by atoms with Gasteiger partial charge >= 0.3 is 5.97 Å². The van der Waals surface area contributed by atoms with Gasteiger partial charge in [-0.15, -0.1) is 0 Å². The quantitative estimate of drug-likeness (QED) is 0.551. The zero-order valence-electron chi connectivity index (χ0n) is 5.86. The van der Waals surface area contributed by atoms with Crippen LogP contribution in [0.3, 0.4) is 0 Å². The molecular weight excluding hydrogens is 146 g/mol. The van der Waals surface area contributed by atoms with E-state index >= 15 is 0 Å². The number of rotatable bonds is 3. The molecule has 0 bridgehead atoms. The molecule has 0 aromatic rings. The maximum absolute atomic E-state index is 10.3. The Morgan fingerprint density at radius 3 is 2.55 bits per heavy atom. The monoisotopic (exact) mass is 155 g/mol.